The molecule has 0 saturated heterocycles. The van der Waals surface area contributed by atoms with Crippen molar-refractivity contribution in [1.82, 2.24) is 0 Å². The minimum Gasteiger partial charge on any atom is -0.465 e. The van der Waals surface area contributed by atoms with Gasteiger partial charge in [0.05, 0.1) is 12.5 Å². The monoisotopic (exact) mass is 364 g/mol. The van der Waals surface area contributed by atoms with E-state index in [0.717, 1.165) is 19.3 Å². The van der Waals surface area contributed by atoms with E-state index >= 15 is 0 Å². The van der Waals surface area contributed by atoms with E-state index in [4.69, 9.17) is 4.74 Å². The first-order valence-corrected chi connectivity index (χ1v) is 9.49. The largest absolute Gasteiger partial charge is 0.465 e. The molecule has 3 rings (SSSR count). The summed E-state index contributed by atoms with van der Waals surface area (Å²) in [6.07, 6.45) is 9.48. The van der Waals surface area contributed by atoms with E-state index in [2.05, 4.69) is 28.1 Å². The fourth-order valence-corrected chi connectivity index (χ4v) is 4.61. The van der Waals surface area contributed by atoms with Gasteiger partial charge in [0.15, 0.2) is 0 Å². The molecule has 2 nitrogen and oxygen atoms in total. The molecule has 3 heteroatoms. The van der Waals surface area contributed by atoms with Gasteiger partial charge >= 0.3 is 5.97 Å². The van der Waals surface area contributed by atoms with Crippen LogP contribution in [0.15, 0.2) is 16.6 Å². The predicted molar refractivity (Wildman–Crippen MR) is 92.3 cm³/mol. The van der Waals surface area contributed by atoms with E-state index in [-0.39, 0.29) is 11.9 Å². The van der Waals surface area contributed by atoms with Crippen molar-refractivity contribution in [2.45, 2.75) is 70.1 Å². The molecule has 1 aromatic carbocycles. The van der Waals surface area contributed by atoms with Crippen LogP contribution in [0.2, 0.25) is 0 Å². The van der Waals surface area contributed by atoms with Gasteiger partial charge in [-0.25, -0.2) is 0 Å². The first kappa shape index (κ1) is 16.0. The Morgan fingerprint density at radius 1 is 1.18 bits per heavy atom. The molecule has 0 bridgehead atoms. The fourth-order valence-electron chi connectivity index (χ4n) is 3.92. The van der Waals surface area contributed by atoms with Crippen molar-refractivity contribution >= 4 is 21.9 Å². The van der Waals surface area contributed by atoms with Crippen LogP contribution in [0, 0.1) is 0 Å². The molecule has 0 aromatic heterocycles. The highest BCUT2D eigenvalue weighted by atomic mass is 79.9. The number of ether oxygens (including phenoxy) is 1. The smallest absolute Gasteiger partial charge is 0.313 e. The number of carbonyl (C=O) groups is 1. The molecular weight excluding hydrogens is 340 g/mol. The van der Waals surface area contributed by atoms with E-state index in [0.29, 0.717) is 12.5 Å². The molecule has 0 amide bonds. The second-order valence-electron chi connectivity index (χ2n) is 6.67. The number of benzene rings is 1. The number of rotatable bonds is 4. The van der Waals surface area contributed by atoms with Gasteiger partial charge in [-0.05, 0) is 60.8 Å². The van der Waals surface area contributed by atoms with Crippen LogP contribution in [-0.2, 0) is 16.0 Å². The van der Waals surface area contributed by atoms with Gasteiger partial charge in [-0.3, -0.25) is 4.79 Å². The fraction of sp³-hybridized carbons (Fsp3) is 0.632. The Morgan fingerprint density at radius 3 is 2.68 bits per heavy atom. The van der Waals surface area contributed by atoms with Crippen LogP contribution < -0.4 is 0 Å². The van der Waals surface area contributed by atoms with Crippen molar-refractivity contribution < 1.29 is 9.53 Å². The number of carbonyl (C=O) groups excluding carboxylic acids is 1. The van der Waals surface area contributed by atoms with Crippen molar-refractivity contribution in [2.24, 2.45) is 0 Å². The zero-order chi connectivity index (χ0) is 15.5. The van der Waals surface area contributed by atoms with Gasteiger partial charge < -0.3 is 4.74 Å². The first-order valence-electron chi connectivity index (χ1n) is 8.69. The molecule has 1 atom stereocenters. The highest BCUT2D eigenvalue weighted by Crippen LogP contribution is 2.42. The molecule has 22 heavy (non-hydrogen) atoms. The summed E-state index contributed by atoms with van der Waals surface area (Å²) < 4.78 is 6.55. The minimum atomic E-state index is -0.0572. The van der Waals surface area contributed by atoms with Crippen LogP contribution >= 0.6 is 15.9 Å². The molecule has 1 unspecified atom stereocenters. The second kappa shape index (κ2) is 7.16. The van der Waals surface area contributed by atoms with Crippen LogP contribution in [0.1, 0.15) is 80.4 Å². The molecule has 1 aromatic rings. The zero-order valence-corrected chi connectivity index (χ0v) is 15.0. The molecule has 1 fully saturated rings. The van der Waals surface area contributed by atoms with Crippen molar-refractivity contribution in [2.75, 3.05) is 6.61 Å². The zero-order valence-electron chi connectivity index (χ0n) is 13.4. The average Bonchev–Trinajstić information content (AvgIpc) is 2.95. The number of hydrogen-bond donors (Lipinski definition) is 0. The number of aryl methyl sites for hydroxylation is 1. The quantitative estimate of drug-likeness (QED) is 0.661. The van der Waals surface area contributed by atoms with Crippen LogP contribution in [-0.4, -0.2) is 12.6 Å². The number of fused-ring (bicyclic) bond motifs is 1. The summed E-state index contributed by atoms with van der Waals surface area (Å²) in [5, 5.41) is 0. The maximum Gasteiger partial charge on any atom is 0.313 e. The molecule has 1 saturated carbocycles. The van der Waals surface area contributed by atoms with Crippen LogP contribution in [0.5, 0.6) is 0 Å². The molecule has 0 spiro atoms. The summed E-state index contributed by atoms with van der Waals surface area (Å²) in [6, 6.07) is 4.56. The third kappa shape index (κ3) is 3.24. The Kier molecular flexibility index (Phi) is 5.22. The van der Waals surface area contributed by atoms with Crippen molar-refractivity contribution in [3.8, 4) is 0 Å². The van der Waals surface area contributed by atoms with Crippen LogP contribution in [0.4, 0.5) is 0 Å². The lowest BCUT2D eigenvalue weighted by molar-refractivity contribution is -0.145. The highest BCUT2D eigenvalue weighted by molar-refractivity contribution is 9.10. The van der Waals surface area contributed by atoms with Gasteiger partial charge in [-0.2, -0.15) is 0 Å². The summed E-state index contributed by atoms with van der Waals surface area (Å²) in [5.41, 5.74) is 4.01. The average molecular weight is 365 g/mol. The van der Waals surface area contributed by atoms with Crippen molar-refractivity contribution in [1.29, 1.82) is 0 Å². The third-order valence-corrected chi connectivity index (χ3v) is 5.80. The normalized spacial score (nSPS) is 21.6. The van der Waals surface area contributed by atoms with Gasteiger partial charge in [0, 0.05) is 4.47 Å². The van der Waals surface area contributed by atoms with E-state index in [1.165, 1.54) is 53.3 Å². The van der Waals surface area contributed by atoms with Gasteiger partial charge in [0.1, 0.15) is 0 Å². The summed E-state index contributed by atoms with van der Waals surface area (Å²) in [6.45, 7) is 2.56. The third-order valence-electron chi connectivity index (χ3n) is 5.11. The van der Waals surface area contributed by atoms with E-state index in [9.17, 15) is 4.79 Å². The Morgan fingerprint density at radius 2 is 1.95 bits per heavy atom. The first-order chi connectivity index (χ1) is 10.7. The lowest BCUT2D eigenvalue weighted by atomic mass is 9.83. The number of esters is 1. The maximum absolute atomic E-state index is 12.2. The van der Waals surface area contributed by atoms with Gasteiger partial charge in [0.2, 0.25) is 0 Å². The van der Waals surface area contributed by atoms with Crippen LogP contribution in [0.3, 0.4) is 0 Å². The highest BCUT2D eigenvalue weighted by Gasteiger charge is 2.31. The summed E-state index contributed by atoms with van der Waals surface area (Å²) in [5.74, 6) is 0.593. The summed E-state index contributed by atoms with van der Waals surface area (Å²) in [7, 11) is 0. The number of halogens is 1. The standard InChI is InChI=1S/C19H25BrO2/c1-2-10-22-19(21)15-9-8-14-11-17(18(20)12-16(14)15)13-6-4-3-5-7-13/h11-13,15H,2-10H2,1H3. The van der Waals surface area contributed by atoms with E-state index in [1.54, 1.807) is 0 Å². The minimum absolute atomic E-state index is 0.0436. The number of hydrogen-bond acceptors (Lipinski definition) is 2. The molecule has 0 heterocycles. The van der Waals surface area contributed by atoms with Gasteiger partial charge in [-0.1, -0.05) is 48.2 Å². The maximum atomic E-state index is 12.2. The Bertz CT molecular complexity index is 547. The SMILES string of the molecule is CCCOC(=O)C1CCc2cc(C3CCCCC3)c(Br)cc21. The molecule has 120 valence electrons. The molecule has 0 radical (unpaired) electrons. The Balaban J connectivity index is 1.81. The molecular formula is C19H25BrO2. The molecule has 2 aliphatic carbocycles. The van der Waals surface area contributed by atoms with E-state index < -0.39 is 0 Å². The Hall–Kier alpha value is -0.830. The van der Waals surface area contributed by atoms with Crippen molar-refractivity contribution in [3.63, 3.8) is 0 Å². The Labute approximate surface area is 141 Å². The lowest BCUT2D eigenvalue weighted by Gasteiger charge is -2.24. The second-order valence-corrected chi connectivity index (χ2v) is 7.52. The summed E-state index contributed by atoms with van der Waals surface area (Å²) in [4.78, 5) is 12.2. The van der Waals surface area contributed by atoms with Crippen LogP contribution in [0.25, 0.3) is 0 Å². The van der Waals surface area contributed by atoms with Gasteiger partial charge in [-0.15, -0.1) is 0 Å². The topological polar surface area (TPSA) is 26.3 Å². The lowest BCUT2D eigenvalue weighted by Crippen LogP contribution is -2.14. The molecule has 2 aliphatic rings. The molecule has 0 N–H and O–H groups in total. The van der Waals surface area contributed by atoms with Gasteiger partial charge in [0.25, 0.3) is 0 Å². The molecule has 0 aliphatic heterocycles. The summed E-state index contributed by atoms with van der Waals surface area (Å²) >= 11 is 3.76. The van der Waals surface area contributed by atoms with E-state index in [1.807, 2.05) is 6.92 Å². The van der Waals surface area contributed by atoms with Crippen molar-refractivity contribution in [3.05, 3.63) is 33.3 Å². The predicted octanol–water partition coefficient (Wildman–Crippen LogP) is 5.48.